The number of halogens is 3. The number of aliphatic imine (C=N–C) groups is 1. The van der Waals surface area contributed by atoms with Crippen LogP contribution in [0, 0.1) is 11.3 Å². The summed E-state index contributed by atoms with van der Waals surface area (Å²) in [6.07, 6.45) is 0. The van der Waals surface area contributed by atoms with Crippen LogP contribution in [0.1, 0.15) is 41.3 Å². The second-order valence-corrected chi connectivity index (χ2v) is 10.5. The first-order valence-electron chi connectivity index (χ1n) is 12.6. The maximum absolute atomic E-state index is 14.3. The Hall–Kier alpha value is -3.77. The molecule has 8 nitrogen and oxygen atoms in total. The van der Waals surface area contributed by atoms with Crippen LogP contribution in [0.15, 0.2) is 65.7 Å². The number of ether oxygens (including phenoxy) is 1. The van der Waals surface area contributed by atoms with Crippen LogP contribution in [0.25, 0.3) is 0 Å². The van der Waals surface area contributed by atoms with Crippen LogP contribution >= 0.6 is 34.8 Å². The molecule has 3 amide bonds. The maximum Gasteiger partial charge on any atom is 0.326 e. The topological polar surface area (TPSA) is 98.0 Å². The van der Waals surface area contributed by atoms with Crippen LogP contribution in [0.3, 0.4) is 0 Å². The quantitative estimate of drug-likeness (QED) is 0.390. The monoisotopic (exact) mass is 595 g/mol. The highest BCUT2D eigenvalue weighted by molar-refractivity contribution is 6.32. The lowest BCUT2D eigenvalue weighted by molar-refractivity contribution is -0.123. The highest BCUT2D eigenvalue weighted by Crippen LogP contribution is 2.46. The fraction of sp³-hybridized carbons (Fsp3) is 0.241. The Morgan fingerprint density at radius 2 is 1.73 bits per heavy atom. The Labute approximate surface area is 246 Å². The minimum atomic E-state index is -0.610. The van der Waals surface area contributed by atoms with Crippen molar-refractivity contribution in [1.82, 2.24) is 15.1 Å². The zero-order chi connectivity index (χ0) is 28.4. The fourth-order valence-electron chi connectivity index (χ4n) is 4.90. The van der Waals surface area contributed by atoms with Gasteiger partial charge in [0.15, 0.2) is 0 Å². The number of carbonyl (C=O) groups excluding carboxylic acids is 2. The molecular formula is C29H24Cl3N5O3. The van der Waals surface area contributed by atoms with Crippen molar-refractivity contribution in [2.45, 2.75) is 19.0 Å². The number of amides is 3. The molecule has 5 rings (SSSR count). The largest absolute Gasteiger partial charge is 0.493 e. The Kier molecular flexibility index (Phi) is 8.17. The molecule has 11 heteroatoms. The van der Waals surface area contributed by atoms with E-state index < -0.39 is 18.1 Å². The van der Waals surface area contributed by atoms with Gasteiger partial charge in [-0.15, -0.1) is 0 Å². The SMILES string of the molecule is CCOc1cc(Cl)c(C#N)cc1C1=NC(c2ccc(Cl)cc2)C(c2ccc(Cl)cc2)N1C(=O)N1CCNC(=O)C1. The summed E-state index contributed by atoms with van der Waals surface area (Å²) in [6, 6.07) is 18.2. The molecule has 0 radical (unpaired) electrons. The van der Waals surface area contributed by atoms with Gasteiger partial charge in [0.05, 0.1) is 28.8 Å². The number of rotatable bonds is 5. The van der Waals surface area contributed by atoms with Gasteiger partial charge in [0, 0.05) is 29.2 Å². The van der Waals surface area contributed by atoms with Crippen LogP contribution in [0.2, 0.25) is 15.1 Å². The van der Waals surface area contributed by atoms with Gasteiger partial charge in [0.2, 0.25) is 5.91 Å². The first-order valence-corrected chi connectivity index (χ1v) is 13.7. The van der Waals surface area contributed by atoms with Crippen molar-refractivity contribution in [2.75, 3.05) is 26.2 Å². The van der Waals surface area contributed by atoms with Gasteiger partial charge in [-0.2, -0.15) is 5.26 Å². The highest BCUT2D eigenvalue weighted by atomic mass is 35.5. The Bertz CT molecular complexity index is 1520. The van der Waals surface area contributed by atoms with E-state index in [1.54, 1.807) is 41.3 Å². The maximum atomic E-state index is 14.3. The van der Waals surface area contributed by atoms with Crippen LogP contribution in [-0.2, 0) is 4.79 Å². The van der Waals surface area contributed by atoms with Crippen LogP contribution in [-0.4, -0.2) is 53.8 Å². The standard InChI is InChI=1S/C29H24Cl3N5O3/c1-2-40-24-14-23(32)19(15-33)13-22(24)28-35-26(17-3-7-20(30)8-4-17)27(18-5-9-21(31)10-6-18)37(28)29(39)36-12-11-34-25(38)16-36/h3-10,13-14,26-27H,2,11-12,16H2,1H3,(H,34,38). The number of hydrogen-bond acceptors (Lipinski definition) is 5. The van der Waals surface area contributed by atoms with Crippen molar-refractivity contribution < 1.29 is 14.3 Å². The first-order chi connectivity index (χ1) is 19.3. The normalized spacial score (nSPS) is 18.7. The second-order valence-electron chi connectivity index (χ2n) is 9.24. The van der Waals surface area contributed by atoms with Crippen LogP contribution < -0.4 is 10.1 Å². The third-order valence-electron chi connectivity index (χ3n) is 6.74. The lowest BCUT2D eigenvalue weighted by Crippen LogP contribution is -2.55. The number of nitrogens with zero attached hydrogens (tertiary/aromatic N) is 4. The third-order valence-corrected chi connectivity index (χ3v) is 7.55. The lowest BCUT2D eigenvalue weighted by Gasteiger charge is -2.35. The van der Waals surface area contributed by atoms with E-state index >= 15 is 0 Å². The van der Waals surface area contributed by atoms with Crippen molar-refractivity contribution in [3.63, 3.8) is 0 Å². The summed E-state index contributed by atoms with van der Waals surface area (Å²) < 4.78 is 5.91. The third kappa shape index (κ3) is 5.46. The van der Waals surface area contributed by atoms with E-state index in [1.807, 2.05) is 31.2 Å². The molecule has 1 fully saturated rings. The Morgan fingerprint density at radius 1 is 1.07 bits per heavy atom. The number of piperazine rings is 1. The molecule has 3 aromatic rings. The number of nitriles is 1. The zero-order valence-corrected chi connectivity index (χ0v) is 23.7. The lowest BCUT2D eigenvalue weighted by atomic mass is 9.93. The number of amidine groups is 1. The van der Waals surface area contributed by atoms with E-state index in [0.29, 0.717) is 46.9 Å². The summed E-state index contributed by atoms with van der Waals surface area (Å²) in [7, 11) is 0. The molecule has 2 heterocycles. The number of urea groups is 1. The van der Waals surface area contributed by atoms with E-state index in [1.165, 1.54) is 4.90 Å². The van der Waals surface area contributed by atoms with E-state index in [9.17, 15) is 14.9 Å². The van der Waals surface area contributed by atoms with Crippen molar-refractivity contribution in [2.24, 2.45) is 4.99 Å². The molecule has 0 bridgehead atoms. The minimum Gasteiger partial charge on any atom is -0.493 e. The average Bonchev–Trinajstić information content (AvgIpc) is 3.34. The molecule has 40 heavy (non-hydrogen) atoms. The molecule has 2 atom stereocenters. The molecule has 2 aliphatic rings. The van der Waals surface area contributed by atoms with Crippen molar-refractivity contribution in [1.29, 1.82) is 5.26 Å². The first kappa shape index (κ1) is 27.8. The fourth-order valence-corrected chi connectivity index (χ4v) is 5.35. The number of nitrogens with one attached hydrogen (secondary N) is 1. The van der Waals surface area contributed by atoms with Gasteiger partial charge in [0.1, 0.15) is 30.2 Å². The molecule has 0 aliphatic carbocycles. The number of benzene rings is 3. The van der Waals surface area contributed by atoms with Crippen molar-refractivity contribution >= 4 is 52.6 Å². The molecule has 1 N–H and O–H groups in total. The van der Waals surface area contributed by atoms with Gasteiger partial charge >= 0.3 is 6.03 Å². The molecule has 1 saturated heterocycles. The van der Waals surface area contributed by atoms with E-state index in [2.05, 4.69) is 11.4 Å². The predicted molar refractivity (Wildman–Crippen MR) is 154 cm³/mol. The molecule has 204 valence electrons. The van der Waals surface area contributed by atoms with Gasteiger partial charge in [-0.05, 0) is 48.4 Å². The number of carbonyl (C=O) groups is 2. The Morgan fingerprint density at radius 3 is 2.33 bits per heavy atom. The summed E-state index contributed by atoms with van der Waals surface area (Å²) in [5, 5.41) is 13.8. The van der Waals surface area contributed by atoms with Gasteiger partial charge in [-0.25, -0.2) is 4.79 Å². The molecule has 2 aliphatic heterocycles. The van der Waals surface area contributed by atoms with E-state index in [-0.39, 0.29) is 23.0 Å². The summed E-state index contributed by atoms with van der Waals surface area (Å²) >= 11 is 18.8. The van der Waals surface area contributed by atoms with Crippen LogP contribution in [0.4, 0.5) is 4.79 Å². The summed E-state index contributed by atoms with van der Waals surface area (Å²) in [5.74, 6) is 0.432. The van der Waals surface area contributed by atoms with E-state index in [0.717, 1.165) is 11.1 Å². The van der Waals surface area contributed by atoms with Gasteiger partial charge in [0.25, 0.3) is 0 Å². The zero-order valence-electron chi connectivity index (χ0n) is 21.4. The predicted octanol–water partition coefficient (Wildman–Crippen LogP) is 6.01. The number of hydrogen-bond donors (Lipinski definition) is 1. The van der Waals surface area contributed by atoms with Gasteiger partial charge in [-0.1, -0.05) is 59.1 Å². The summed E-state index contributed by atoms with van der Waals surface area (Å²) in [6.45, 7) is 2.72. The van der Waals surface area contributed by atoms with Gasteiger partial charge < -0.3 is 15.0 Å². The van der Waals surface area contributed by atoms with Crippen LogP contribution in [0.5, 0.6) is 5.75 Å². The molecular weight excluding hydrogens is 573 g/mol. The smallest absolute Gasteiger partial charge is 0.326 e. The molecule has 3 aromatic carbocycles. The van der Waals surface area contributed by atoms with Crippen molar-refractivity contribution in [3.05, 3.63) is 98.0 Å². The average molecular weight is 597 g/mol. The van der Waals surface area contributed by atoms with E-state index in [4.69, 9.17) is 44.5 Å². The minimum absolute atomic E-state index is 0.0933. The molecule has 0 spiro atoms. The van der Waals surface area contributed by atoms with Crippen molar-refractivity contribution in [3.8, 4) is 11.8 Å². The molecule has 2 unspecified atom stereocenters. The highest BCUT2D eigenvalue weighted by Gasteiger charge is 2.45. The summed E-state index contributed by atoms with van der Waals surface area (Å²) in [4.78, 5) is 34.7. The molecule has 0 aromatic heterocycles. The summed E-state index contributed by atoms with van der Waals surface area (Å²) in [5.41, 5.74) is 2.25. The molecule has 0 saturated carbocycles. The van der Waals surface area contributed by atoms with Gasteiger partial charge in [-0.3, -0.25) is 14.7 Å². The second kappa shape index (κ2) is 11.8. The Balaban J connectivity index is 1.74.